The molecule has 0 amide bonds. The lowest BCUT2D eigenvalue weighted by Crippen LogP contribution is -2.28. The summed E-state index contributed by atoms with van der Waals surface area (Å²) in [6.45, 7) is 1.87. The Morgan fingerprint density at radius 3 is 2.55 bits per heavy atom. The molecule has 1 N–H and O–H groups in total. The van der Waals surface area contributed by atoms with Crippen LogP contribution < -0.4 is 4.74 Å². The summed E-state index contributed by atoms with van der Waals surface area (Å²) in [5.41, 5.74) is 4.44. The molecule has 1 aliphatic rings. The van der Waals surface area contributed by atoms with Crippen LogP contribution >= 0.6 is 0 Å². The topological polar surface area (TPSA) is 54.0 Å². The lowest BCUT2D eigenvalue weighted by molar-refractivity contribution is 0.293. The number of hydrogen-bond donors (Lipinski definition) is 1. The number of benzene rings is 2. The van der Waals surface area contributed by atoms with Crippen molar-refractivity contribution in [3.63, 3.8) is 0 Å². The van der Waals surface area contributed by atoms with Crippen molar-refractivity contribution in [1.29, 1.82) is 0 Å². The summed E-state index contributed by atoms with van der Waals surface area (Å²) in [4.78, 5) is 14.2. The monoisotopic (exact) mass is 450 g/mol. The van der Waals surface area contributed by atoms with Crippen LogP contribution in [0.1, 0.15) is 17.7 Å². The largest absolute Gasteiger partial charge is 0.496 e. The minimum atomic E-state index is -0.567. The number of aromatic amines is 1. The molecule has 0 bridgehead atoms. The van der Waals surface area contributed by atoms with Crippen molar-refractivity contribution >= 4 is 16.6 Å². The van der Waals surface area contributed by atoms with Crippen LogP contribution in [0.3, 0.4) is 0 Å². The quantitative estimate of drug-likeness (QED) is 0.446. The van der Waals surface area contributed by atoms with Gasteiger partial charge in [-0.1, -0.05) is 6.08 Å². The lowest BCUT2D eigenvalue weighted by Gasteiger charge is -2.26. The summed E-state index contributed by atoms with van der Waals surface area (Å²) in [6, 6.07) is 9.90. The van der Waals surface area contributed by atoms with Gasteiger partial charge in [0.05, 0.1) is 12.8 Å². The number of rotatable bonds is 5. The van der Waals surface area contributed by atoms with E-state index in [2.05, 4.69) is 25.9 Å². The van der Waals surface area contributed by atoms with E-state index in [1.807, 2.05) is 6.07 Å². The molecule has 0 fully saturated rings. The number of fused-ring (bicyclic) bond motifs is 1. The standard InChI is InChI=1S/C25H21F3N4O/c1-33-23-3-2-17(26)11-20(23)24-21-12-22(31-25(21)30-14-29-24)16-4-6-32(7-5-16)13-15-8-18(27)10-19(28)9-15/h2-4,8-12,14H,5-7,13H2,1H3,(H,29,30,31). The van der Waals surface area contributed by atoms with Crippen LogP contribution in [-0.2, 0) is 6.54 Å². The number of H-pyrrole nitrogens is 1. The Bertz CT molecular complexity index is 1350. The minimum Gasteiger partial charge on any atom is -0.496 e. The van der Waals surface area contributed by atoms with E-state index in [9.17, 15) is 13.2 Å². The van der Waals surface area contributed by atoms with Gasteiger partial charge in [0.15, 0.2) is 0 Å². The smallest absolute Gasteiger partial charge is 0.141 e. The third kappa shape index (κ3) is 4.34. The van der Waals surface area contributed by atoms with E-state index >= 15 is 0 Å². The molecule has 0 atom stereocenters. The molecule has 0 saturated heterocycles. The van der Waals surface area contributed by atoms with Crippen LogP contribution in [-0.4, -0.2) is 40.1 Å². The summed E-state index contributed by atoms with van der Waals surface area (Å²) in [5.74, 6) is -0.978. The fourth-order valence-corrected chi connectivity index (χ4v) is 4.25. The van der Waals surface area contributed by atoms with Crippen molar-refractivity contribution < 1.29 is 17.9 Å². The van der Waals surface area contributed by atoms with Crippen LogP contribution in [0.15, 0.2) is 54.9 Å². The molecule has 0 radical (unpaired) electrons. The molecular formula is C25H21F3N4O. The summed E-state index contributed by atoms with van der Waals surface area (Å²) in [7, 11) is 1.54. The normalized spacial score (nSPS) is 14.5. The Morgan fingerprint density at radius 1 is 1.00 bits per heavy atom. The van der Waals surface area contributed by atoms with E-state index in [1.54, 1.807) is 6.07 Å². The third-order valence-corrected chi connectivity index (χ3v) is 5.81. The number of aromatic nitrogens is 3. The predicted molar refractivity (Wildman–Crippen MR) is 120 cm³/mol. The number of halogens is 3. The number of ether oxygens (including phenoxy) is 1. The molecule has 5 rings (SSSR count). The number of nitrogens with zero attached hydrogens (tertiary/aromatic N) is 3. The first kappa shape index (κ1) is 21.2. The molecule has 168 valence electrons. The van der Waals surface area contributed by atoms with Crippen molar-refractivity contribution in [2.75, 3.05) is 20.2 Å². The van der Waals surface area contributed by atoms with Gasteiger partial charge in [-0.2, -0.15) is 0 Å². The molecule has 0 aliphatic carbocycles. The van der Waals surface area contributed by atoms with Gasteiger partial charge in [-0.3, -0.25) is 4.90 Å². The number of hydrogen-bond acceptors (Lipinski definition) is 4. The summed E-state index contributed by atoms with van der Waals surface area (Å²) in [6.07, 6.45) is 4.30. The average molecular weight is 450 g/mol. The number of nitrogens with one attached hydrogen (secondary N) is 1. The summed E-state index contributed by atoms with van der Waals surface area (Å²) < 4.78 is 46.3. The van der Waals surface area contributed by atoms with Gasteiger partial charge in [0.2, 0.25) is 0 Å². The second kappa shape index (κ2) is 8.71. The van der Waals surface area contributed by atoms with Gasteiger partial charge < -0.3 is 9.72 Å². The first-order valence-corrected chi connectivity index (χ1v) is 10.5. The second-order valence-corrected chi connectivity index (χ2v) is 8.00. The van der Waals surface area contributed by atoms with E-state index < -0.39 is 11.6 Å². The highest BCUT2D eigenvalue weighted by Gasteiger charge is 2.19. The molecule has 8 heteroatoms. The maximum absolute atomic E-state index is 13.9. The molecule has 5 nitrogen and oxygen atoms in total. The molecule has 0 unspecified atom stereocenters. The van der Waals surface area contributed by atoms with Gasteiger partial charge in [0, 0.05) is 42.3 Å². The highest BCUT2D eigenvalue weighted by molar-refractivity contribution is 5.94. The maximum atomic E-state index is 13.9. The Kier molecular flexibility index (Phi) is 5.60. The molecule has 33 heavy (non-hydrogen) atoms. The molecule has 2 aromatic heterocycles. The number of methoxy groups -OCH3 is 1. The zero-order valence-corrected chi connectivity index (χ0v) is 17.9. The second-order valence-electron chi connectivity index (χ2n) is 8.00. The van der Waals surface area contributed by atoms with Crippen molar-refractivity contribution in [3.8, 4) is 17.0 Å². The SMILES string of the molecule is COc1ccc(F)cc1-c1ncnc2[nH]c(C3=CCN(Cc4cc(F)cc(F)c4)CC3)cc12. The third-order valence-electron chi connectivity index (χ3n) is 5.81. The lowest BCUT2D eigenvalue weighted by atomic mass is 10.0. The van der Waals surface area contributed by atoms with Gasteiger partial charge in [-0.05, 0) is 54.0 Å². The fourth-order valence-electron chi connectivity index (χ4n) is 4.25. The summed E-state index contributed by atoms with van der Waals surface area (Å²) >= 11 is 0. The van der Waals surface area contributed by atoms with Gasteiger partial charge in [-0.25, -0.2) is 23.1 Å². The first-order valence-electron chi connectivity index (χ1n) is 10.5. The molecular weight excluding hydrogens is 429 g/mol. The highest BCUT2D eigenvalue weighted by Crippen LogP contribution is 2.35. The Morgan fingerprint density at radius 2 is 1.82 bits per heavy atom. The molecule has 2 aromatic carbocycles. The van der Waals surface area contributed by atoms with Crippen LogP contribution in [0.25, 0.3) is 27.9 Å². The van der Waals surface area contributed by atoms with E-state index in [4.69, 9.17) is 4.74 Å². The van der Waals surface area contributed by atoms with Crippen LogP contribution in [0.5, 0.6) is 5.75 Å². The van der Waals surface area contributed by atoms with Crippen molar-refractivity contribution in [1.82, 2.24) is 19.9 Å². The summed E-state index contributed by atoms with van der Waals surface area (Å²) in [5, 5.41) is 0.773. The zero-order chi connectivity index (χ0) is 22.9. The molecule has 0 spiro atoms. The van der Waals surface area contributed by atoms with Gasteiger partial charge in [0.25, 0.3) is 0 Å². The minimum absolute atomic E-state index is 0.374. The van der Waals surface area contributed by atoms with Gasteiger partial charge in [-0.15, -0.1) is 0 Å². The van der Waals surface area contributed by atoms with Crippen LogP contribution in [0.4, 0.5) is 13.2 Å². The van der Waals surface area contributed by atoms with E-state index in [0.717, 1.165) is 35.7 Å². The van der Waals surface area contributed by atoms with E-state index in [0.29, 0.717) is 41.3 Å². The fraction of sp³-hybridized carbons (Fsp3) is 0.200. The van der Waals surface area contributed by atoms with Crippen LogP contribution in [0, 0.1) is 17.5 Å². The molecule has 1 aliphatic heterocycles. The molecule has 0 saturated carbocycles. The first-order chi connectivity index (χ1) is 16.0. The maximum Gasteiger partial charge on any atom is 0.141 e. The Hall–Kier alpha value is -3.65. The van der Waals surface area contributed by atoms with Crippen molar-refractivity contribution in [3.05, 3.63) is 83.6 Å². The van der Waals surface area contributed by atoms with E-state index in [1.165, 1.54) is 37.7 Å². The molecule has 4 aromatic rings. The predicted octanol–water partition coefficient (Wildman–Crippen LogP) is 5.34. The van der Waals surface area contributed by atoms with Crippen molar-refractivity contribution in [2.45, 2.75) is 13.0 Å². The zero-order valence-electron chi connectivity index (χ0n) is 17.9. The Labute approximate surface area is 188 Å². The average Bonchev–Trinajstić information content (AvgIpc) is 3.23. The Balaban J connectivity index is 1.41. The van der Waals surface area contributed by atoms with Crippen LogP contribution in [0.2, 0.25) is 0 Å². The van der Waals surface area contributed by atoms with Gasteiger partial charge >= 0.3 is 0 Å². The highest BCUT2D eigenvalue weighted by atomic mass is 19.1. The van der Waals surface area contributed by atoms with Gasteiger partial charge in [0.1, 0.15) is 35.2 Å². The van der Waals surface area contributed by atoms with E-state index in [-0.39, 0.29) is 5.82 Å². The van der Waals surface area contributed by atoms with Crippen molar-refractivity contribution in [2.24, 2.45) is 0 Å². The molecule has 3 heterocycles.